The molecule has 0 aliphatic carbocycles. The summed E-state index contributed by atoms with van der Waals surface area (Å²) >= 11 is 0. The number of rotatable bonds is 6. The molecule has 1 aromatic heterocycles. The van der Waals surface area contributed by atoms with Gasteiger partial charge in [0.25, 0.3) is 5.88 Å². The van der Waals surface area contributed by atoms with Gasteiger partial charge in [0, 0.05) is 6.54 Å². The topological polar surface area (TPSA) is 62.0 Å². The molecule has 5 heteroatoms. The van der Waals surface area contributed by atoms with E-state index >= 15 is 0 Å². The summed E-state index contributed by atoms with van der Waals surface area (Å²) in [5.74, 6) is 0.341. The second kappa shape index (κ2) is 6.92. The van der Waals surface area contributed by atoms with Gasteiger partial charge < -0.3 is 9.64 Å². The molecule has 0 spiro atoms. The summed E-state index contributed by atoms with van der Waals surface area (Å²) in [4.78, 5) is 2.25. The summed E-state index contributed by atoms with van der Waals surface area (Å²) in [6.07, 6.45) is 0. The van der Waals surface area contributed by atoms with E-state index in [-0.39, 0.29) is 0 Å². The van der Waals surface area contributed by atoms with E-state index in [1.807, 2.05) is 13.8 Å². The number of nitrogens with zero attached hydrogens (tertiary/aromatic N) is 4. The molecule has 0 atom stereocenters. The SMILES string of the molecule is CCN(CC)CCOc1nnc(C)c(C)c1C#N. The van der Waals surface area contributed by atoms with Gasteiger partial charge >= 0.3 is 0 Å². The third-order valence-corrected chi connectivity index (χ3v) is 3.07. The molecule has 0 saturated heterocycles. The lowest BCUT2D eigenvalue weighted by molar-refractivity contribution is 0.216. The van der Waals surface area contributed by atoms with Gasteiger partial charge in [0.1, 0.15) is 18.2 Å². The Morgan fingerprint density at radius 3 is 2.44 bits per heavy atom. The molecule has 0 unspecified atom stereocenters. The van der Waals surface area contributed by atoms with Crippen molar-refractivity contribution in [3.8, 4) is 11.9 Å². The third kappa shape index (κ3) is 3.41. The summed E-state index contributed by atoms with van der Waals surface area (Å²) in [6.45, 7) is 11.2. The van der Waals surface area contributed by atoms with Gasteiger partial charge in [-0.15, -0.1) is 5.10 Å². The molecule has 18 heavy (non-hydrogen) atoms. The molecule has 1 rings (SSSR count). The third-order valence-electron chi connectivity index (χ3n) is 3.07. The van der Waals surface area contributed by atoms with Crippen molar-refractivity contribution in [2.45, 2.75) is 27.7 Å². The van der Waals surface area contributed by atoms with Crippen LogP contribution in [-0.4, -0.2) is 41.3 Å². The molecule has 0 fully saturated rings. The average molecular weight is 248 g/mol. The zero-order valence-electron chi connectivity index (χ0n) is 11.5. The van der Waals surface area contributed by atoms with E-state index in [0.717, 1.165) is 30.9 Å². The van der Waals surface area contributed by atoms with Crippen molar-refractivity contribution in [3.63, 3.8) is 0 Å². The Hall–Kier alpha value is -1.67. The number of likely N-dealkylation sites (N-methyl/N-ethyl adjacent to an activating group) is 1. The van der Waals surface area contributed by atoms with Crippen molar-refractivity contribution >= 4 is 0 Å². The fourth-order valence-corrected chi connectivity index (χ4v) is 1.63. The van der Waals surface area contributed by atoms with Crippen LogP contribution in [-0.2, 0) is 0 Å². The van der Waals surface area contributed by atoms with Gasteiger partial charge in [-0.1, -0.05) is 13.8 Å². The molecule has 0 radical (unpaired) electrons. The fourth-order valence-electron chi connectivity index (χ4n) is 1.63. The van der Waals surface area contributed by atoms with Crippen molar-refractivity contribution in [2.24, 2.45) is 0 Å². The number of nitriles is 1. The minimum atomic E-state index is 0.341. The van der Waals surface area contributed by atoms with Gasteiger partial charge in [0.05, 0.1) is 5.69 Å². The first-order chi connectivity index (χ1) is 8.63. The van der Waals surface area contributed by atoms with E-state index in [9.17, 15) is 0 Å². The highest BCUT2D eigenvalue weighted by atomic mass is 16.5. The largest absolute Gasteiger partial charge is 0.474 e. The van der Waals surface area contributed by atoms with Crippen LogP contribution in [0, 0.1) is 25.2 Å². The molecular formula is C13H20N4O. The standard InChI is InChI=1S/C13H20N4O/c1-5-17(6-2)7-8-18-13-12(9-14)10(3)11(4)15-16-13/h5-8H2,1-4H3. The second-order valence-corrected chi connectivity index (χ2v) is 4.08. The molecule has 98 valence electrons. The summed E-state index contributed by atoms with van der Waals surface area (Å²) < 4.78 is 5.56. The van der Waals surface area contributed by atoms with Crippen LogP contribution in [0.5, 0.6) is 5.88 Å². The number of hydrogen-bond donors (Lipinski definition) is 0. The smallest absolute Gasteiger partial charge is 0.251 e. The highest BCUT2D eigenvalue weighted by Crippen LogP contribution is 2.18. The number of ether oxygens (including phenoxy) is 1. The predicted molar refractivity (Wildman–Crippen MR) is 69.5 cm³/mol. The Morgan fingerprint density at radius 1 is 1.22 bits per heavy atom. The van der Waals surface area contributed by atoms with E-state index in [1.165, 1.54) is 0 Å². The molecule has 0 aliphatic heterocycles. The van der Waals surface area contributed by atoms with Crippen LogP contribution in [0.1, 0.15) is 30.7 Å². The van der Waals surface area contributed by atoms with Crippen LogP contribution < -0.4 is 4.74 Å². The zero-order chi connectivity index (χ0) is 13.5. The van der Waals surface area contributed by atoms with Gasteiger partial charge in [-0.25, -0.2) is 0 Å². The highest BCUT2D eigenvalue weighted by Gasteiger charge is 2.12. The maximum atomic E-state index is 9.12. The minimum Gasteiger partial charge on any atom is -0.474 e. The molecule has 0 aliphatic rings. The Kier molecular flexibility index (Phi) is 5.53. The molecule has 0 N–H and O–H groups in total. The van der Waals surface area contributed by atoms with Crippen LogP contribution in [0.2, 0.25) is 0 Å². The molecule has 1 heterocycles. The zero-order valence-corrected chi connectivity index (χ0v) is 11.5. The molecule has 5 nitrogen and oxygen atoms in total. The van der Waals surface area contributed by atoms with Crippen LogP contribution in [0.25, 0.3) is 0 Å². The maximum Gasteiger partial charge on any atom is 0.251 e. The Balaban J connectivity index is 2.69. The summed E-state index contributed by atoms with van der Waals surface area (Å²) in [7, 11) is 0. The van der Waals surface area contributed by atoms with E-state index in [2.05, 4.69) is 35.0 Å². The van der Waals surface area contributed by atoms with Crippen LogP contribution in [0.15, 0.2) is 0 Å². The average Bonchev–Trinajstić information content (AvgIpc) is 2.39. The molecule has 0 bridgehead atoms. The fraction of sp³-hybridized carbons (Fsp3) is 0.615. The summed E-state index contributed by atoms with van der Waals surface area (Å²) in [6, 6.07) is 2.13. The molecule has 0 amide bonds. The molecule has 1 aromatic rings. The number of aromatic nitrogens is 2. The Bertz CT molecular complexity index is 435. The summed E-state index contributed by atoms with van der Waals surface area (Å²) in [5, 5.41) is 17.0. The van der Waals surface area contributed by atoms with Crippen LogP contribution in [0.3, 0.4) is 0 Å². The Morgan fingerprint density at radius 2 is 1.89 bits per heavy atom. The van der Waals surface area contributed by atoms with Crippen molar-refractivity contribution in [1.82, 2.24) is 15.1 Å². The first-order valence-electron chi connectivity index (χ1n) is 6.23. The van der Waals surface area contributed by atoms with Gasteiger partial charge in [-0.05, 0) is 32.5 Å². The van der Waals surface area contributed by atoms with E-state index in [1.54, 1.807) is 0 Å². The van der Waals surface area contributed by atoms with Crippen LogP contribution in [0.4, 0.5) is 0 Å². The first-order valence-corrected chi connectivity index (χ1v) is 6.23. The normalized spacial score (nSPS) is 10.4. The van der Waals surface area contributed by atoms with Crippen molar-refractivity contribution < 1.29 is 4.74 Å². The van der Waals surface area contributed by atoms with Crippen LogP contribution >= 0.6 is 0 Å². The molecular weight excluding hydrogens is 228 g/mol. The van der Waals surface area contributed by atoms with Gasteiger partial charge in [0.15, 0.2) is 0 Å². The molecule has 0 saturated carbocycles. The lowest BCUT2D eigenvalue weighted by Gasteiger charge is -2.18. The quantitative estimate of drug-likeness (QED) is 0.766. The van der Waals surface area contributed by atoms with Crippen molar-refractivity contribution in [3.05, 3.63) is 16.8 Å². The first kappa shape index (κ1) is 14.4. The highest BCUT2D eigenvalue weighted by molar-refractivity contribution is 5.44. The van der Waals surface area contributed by atoms with Crippen molar-refractivity contribution in [2.75, 3.05) is 26.2 Å². The monoisotopic (exact) mass is 248 g/mol. The summed E-state index contributed by atoms with van der Waals surface area (Å²) in [5.41, 5.74) is 2.09. The lowest BCUT2D eigenvalue weighted by Crippen LogP contribution is -2.28. The predicted octanol–water partition coefficient (Wildman–Crippen LogP) is 1.69. The van der Waals surface area contributed by atoms with Gasteiger partial charge in [0.2, 0.25) is 0 Å². The lowest BCUT2D eigenvalue weighted by atomic mass is 10.1. The van der Waals surface area contributed by atoms with E-state index < -0.39 is 0 Å². The second-order valence-electron chi connectivity index (χ2n) is 4.08. The van der Waals surface area contributed by atoms with E-state index in [0.29, 0.717) is 18.1 Å². The minimum absolute atomic E-state index is 0.341. The molecule has 0 aromatic carbocycles. The Labute approximate surface area is 108 Å². The maximum absolute atomic E-state index is 9.12. The number of hydrogen-bond acceptors (Lipinski definition) is 5. The van der Waals surface area contributed by atoms with Crippen molar-refractivity contribution in [1.29, 1.82) is 5.26 Å². The van der Waals surface area contributed by atoms with E-state index in [4.69, 9.17) is 10.00 Å². The van der Waals surface area contributed by atoms with Gasteiger partial charge in [-0.2, -0.15) is 10.4 Å². The number of aryl methyl sites for hydroxylation is 1. The van der Waals surface area contributed by atoms with Gasteiger partial charge in [-0.3, -0.25) is 0 Å².